The van der Waals surface area contributed by atoms with Crippen molar-refractivity contribution in [3.8, 4) is 11.4 Å². The van der Waals surface area contributed by atoms with Crippen LogP contribution in [0.5, 0.6) is 0 Å². The Kier molecular flexibility index (Phi) is 1.94. The average molecular weight is 241 g/mol. The molecule has 90 valence electrons. The summed E-state index contributed by atoms with van der Waals surface area (Å²) in [4.78, 5) is 4.33. The minimum Gasteiger partial charge on any atom is -0.464 e. The Morgan fingerprint density at radius 1 is 1.22 bits per heavy atom. The lowest BCUT2D eigenvalue weighted by Crippen LogP contribution is -2.00. The SMILES string of the molecule is c1ccc2c(-c3noc(NC4CC4)n3)coc2c1. The summed E-state index contributed by atoms with van der Waals surface area (Å²) < 4.78 is 10.6. The molecule has 0 saturated heterocycles. The first-order valence-corrected chi connectivity index (χ1v) is 5.97. The number of hydrogen-bond donors (Lipinski definition) is 1. The van der Waals surface area contributed by atoms with Gasteiger partial charge in [0.15, 0.2) is 0 Å². The number of rotatable bonds is 3. The molecule has 2 heterocycles. The maximum absolute atomic E-state index is 5.46. The Bertz CT molecular complexity index is 697. The van der Waals surface area contributed by atoms with E-state index < -0.39 is 0 Å². The molecule has 0 aliphatic heterocycles. The van der Waals surface area contributed by atoms with E-state index in [4.69, 9.17) is 8.94 Å². The lowest BCUT2D eigenvalue weighted by Gasteiger charge is -1.92. The molecular weight excluding hydrogens is 230 g/mol. The molecule has 0 amide bonds. The number of para-hydroxylation sites is 1. The summed E-state index contributed by atoms with van der Waals surface area (Å²) in [5.74, 6) is 0.558. The number of nitrogens with zero attached hydrogens (tertiary/aromatic N) is 2. The predicted octanol–water partition coefficient (Wildman–Crippen LogP) is 3.06. The first-order chi connectivity index (χ1) is 8.90. The standard InChI is InChI=1S/C13H11N3O2/c1-2-4-11-9(3-1)10(7-17-11)12-15-13(18-16-12)14-8-5-6-8/h1-4,7-8H,5-6H2,(H,14,15,16). The van der Waals surface area contributed by atoms with E-state index in [0.29, 0.717) is 17.9 Å². The number of benzene rings is 1. The largest absolute Gasteiger partial charge is 0.464 e. The first kappa shape index (κ1) is 9.70. The van der Waals surface area contributed by atoms with E-state index in [9.17, 15) is 0 Å². The van der Waals surface area contributed by atoms with Gasteiger partial charge in [0.1, 0.15) is 11.8 Å². The average Bonchev–Trinajstić information content (AvgIpc) is 2.91. The van der Waals surface area contributed by atoms with Crippen LogP contribution in [-0.4, -0.2) is 16.2 Å². The molecule has 0 spiro atoms. The zero-order valence-electron chi connectivity index (χ0n) is 9.59. The number of aromatic nitrogens is 2. The van der Waals surface area contributed by atoms with Gasteiger partial charge in [-0.3, -0.25) is 0 Å². The molecule has 18 heavy (non-hydrogen) atoms. The highest BCUT2D eigenvalue weighted by Gasteiger charge is 2.24. The smallest absolute Gasteiger partial charge is 0.322 e. The Balaban J connectivity index is 1.74. The molecule has 1 saturated carbocycles. The summed E-state index contributed by atoms with van der Waals surface area (Å²) in [6.07, 6.45) is 4.01. The van der Waals surface area contributed by atoms with Crippen molar-refractivity contribution < 1.29 is 8.94 Å². The topological polar surface area (TPSA) is 64.1 Å². The second-order valence-corrected chi connectivity index (χ2v) is 4.49. The molecule has 1 aliphatic carbocycles. The maximum atomic E-state index is 5.46. The molecular formula is C13H11N3O2. The molecule has 5 nitrogen and oxygen atoms in total. The van der Waals surface area contributed by atoms with E-state index in [0.717, 1.165) is 16.5 Å². The van der Waals surface area contributed by atoms with Crippen molar-refractivity contribution in [1.82, 2.24) is 10.1 Å². The van der Waals surface area contributed by atoms with Crippen LogP contribution in [-0.2, 0) is 0 Å². The summed E-state index contributed by atoms with van der Waals surface area (Å²) in [6, 6.07) is 8.79. The van der Waals surface area contributed by atoms with E-state index in [2.05, 4.69) is 15.5 Å². The fourth-order valence-corrected chi connectivity index (χ4v) is 1.94. The van der Waals surface area contributed by atoms with Gasteiger partial charge >= 0.3 is 6.01 Å². The van der Waals surface area contributed by atoms with Crippen LogP contribution in [0.2, 0.25) is 0 Å². The van der Waals surface area contributed by atoms with Gasteiger partial charge in [0, 0.05) is 11.4 Å². The van der Waals surface area contributed by atoms with Gasteiger partial charge in [-0.15, -0.1) is 0 Å². The van der Waals surface area contributed by atoms with Crippen LogP contribution in [0.4, 0.5) is 6.01 Å². The van der Waals surface area contributed by atoms with Crippen molar-refractivity contribution in [2.24, 2.45) is 0 Å². The summed E-state index contributed by atoms with van der Waals surface area (Å²) in [5.41, 5.74) is 1.69. The van der Waals surface area contributed by atoms with Crippen LogP contribution in [0.15, 0.2) is 39.5 Å². The predicted molar refractivity (Wildman–Crippen MR) is 66.2 cm³/mol. The Hall–Kier alpha value is -2.30. The van der Waals surface area contributed by atoms with Gasteiger partial charge < -0.3 is 14.3 Å². The maximum Gasteiger partial charge on any atom is 0.322 e. The Labute approximate surface area is 103 Å². The van der Waals surface area contributed by atoms with Gasteiger partial charge in [-0.1, -0.05) is 23.4 Å². The van der Waals surface area contributed by atoms with Crippen molar-refractivity contribution in [1.29, 1.82) is 0 Å². The van der Waals surface area contributed by atoms with Gasteiger partial charge in [0.25, 0.3) is 0 Å². The van der Waals surface area contributed by atoms with Gasteiger partial charge in [0.05, 0.1) is 5.56 Å². The Morgan fingerprint density at radius 2 is 2.11 bits per heavy atom. The highest BCUT2D eigenvalue weighted by Crippen LogP contribution is 2.30. The number of hydrogen-bond acceptors (Lipinski definition) is 5. The van der Waals surface area contributed by atoms with E-state index >= 15 is 0 Å². The summed E-state index contributed by atoms with van der Waals surface area (Å²) in [7, 11) is 0. The minimum absolute atomic E-state index is 0.484. The summed E-state index contributed by atoms with van der Waals surface area (Å²) >= 11 is 0. The normalized spacial score (nSPS) is 15.1. The van der Waals surface area contributed by atoms with Crippen molar-refractivity contribution in [2.75, 3.05) is 5.32 Å². The van der Waals surface area contributed by atoms with E-state index in [1.54, 1.807) is 6.26 Å². The quantitative estimate of drug-likeness (QED) is 0.763. The monoisotopic (exact) mass is 241 g/mol. The lowest BCUT2D eigenvalue weighted by atomic mass is 10.2. The van der Waals surface area contributed by atoms with Gasteiger partial charge in [-0.05, 0) is 18.9 Å². The molecule has 0 bridgehead atoms. The highest BCUT2D eigenvalue weighted by atomic mass is 16.5. The molecule has 0 radical (unpaired) electrons. The van der Waals surface area contributed by atoms with E-state index in [1.165, 1.54) is 12.8 Å². The molecule has 1 fully saturated rings. The highest BCUT2D eigenvalue weighted by molar-refractivity contribution is 5.91. The van der Waals surface area contributed by atoms with E-state index in [-0.39, 0.29) is 0 Å². The van der Waals surface area contributed by atoms with Crippen LogP contribution < -0.4 is 5.32 Å². The second kappa shape index (κ2) is 3.60. The zero-order valence-corrected chi connectivity index (χ0v) is 9.59. The van der Waals surface area contributed by atoms with Crippen molar-refractivity contribution in [3.05, 3.63) is 30.5 Å². The molecule has 5 heteroatoms. The van der Waals surface area contributed by atoms with Gasteiger partial charge in [-0.2, -0.15) is 4.98 Å². The molecule has 0 atom stereocenters. The lowest BCUT2D eigenvalue weighted by molar-refractivity contribution is 0.431. The van der Waals surface area contributed by atoms with Crippen molar-refractivity contribution in [2.45, 2.75) is 18.9 Å². The third-order valence-electron chi connectivity index (χ3n) is 3.05. The van der Waals surface area contributed by atoms with Crippen LogP contribution in [0, 0.1) is 0 Å². The molecule has 1 N–H and O–H groups in total. The zero-order chi connectivity index (χ0) is 11.9. The molecule has 0 unspecified atom stereocenters. The second-order valence-electron chi connectivity index (χ2n) is 4.49. The summed E-state index contributed by atoms with van der Waals surface area (Å²) in [6.45, 7) is 0. The number of fused-ring (bicyclic) bond motifs is 1. The van der Waals surface area contributed by atoms with Crippen molar-refractivity contribution >= 4 is 17.0 Å². The van der Waals surface area contributed by atoms with Crippen LogP contribution in [0.1, 0.15) is 12.8 Å². The van der Waals surface area contributed by atoms with Gasteiger partial charge in [-0.25, -0.2) is 0 Å². The van der Waals surface area contributed by atoms with Crippen molar-refractivity contribution in [3.63, 3.8) is 0 Å². The molecule has 1 aromatic carbocycles. The molecule has 3 aromatic rings. The van der Waals surface area contributed by atoms with Crippen LogP contribution in [0.3, 0.4) is 0 Å². The number of anilines is 1. The fraction of sp³-hybridized carbons (Fsp3) is 0.231. The van der Waals surface area contributed by atoms with E-state index in [1.807, 2.05) is 24.3 Å². The Morgan fingerprint density at radius 3 is 3.00 bits per heavy atom. The molecule has 1 aliphatic rings. The first-order valence-electron chi connectivity index (χ1n) is 5.97. The summed E-state index contributed by atoms with van der Waals surface area (Å²) in [5, 5.41) is 8.15. The van der Waals surface area contributed by atoms with Crippen LogP contribution in [0.25, 0.3) is 22.4 Å². The molecule has 4 rings (SSSR count). The van der Waals surface area contributed by atoms with Crippen LogP contribution >= 0.6 is 0 Å². The third-order valence-corrected chi connectivity index (χ3v) is 3.05. The minimum atomic E-state index is 0.484. The number of furan rings is 1. The number of nitrogens with one attached hydrogen (secondary N) is 1. The third kappa shape index (κ3) is 1.55. The fourth-order valence-electron chi connectivity index (χ4n) is 1.94. The molecule has 2 aromatic heterocycles. The van der Waals surface area contributed by atoms with Gasteiger partial charge in [0.2, 0.25) is 5.82 Å².